The topological polar surface area (TPSA) is 79.3 Å². The Bertz CT molecular complexity index is 430. The van der Waals surface area contributed by atoms with Crippen LogP contribution in [0.5, 0.6) is 0 Å². The first kappa shape index (κ1) is 13.4. The van der Waals surface area contributed by atoms with E-state index in [0.29, 0.717) is 11.3 Å². The molecule has 1 amide bonds. The number of nitrogens with zero attached hydrogens (tertiary/aromatic N) is 1. The van der Waals surface area contributed by atoms with Crippen LogP contribution in [0.3, 0.4) is 0 Å². The summed E-state index contributed by atoms with van der Waals surface area (Å²) in [6, 6.07) is 0. The minimum Gasteiger partial charge on any atom is -0.481 e. The number of carboxylic acids is 1. The van der Waals surface area contributed by atoms with Crippen LogP contribution < -0.4 is 5.32 Å². The van der Waals surface area contributed by atoms with E-state index in [0.717, 1.165) is 5.51 Å². The van der Waals surface area contributed by atoms with Gasteiger partial charge >= 0.3 is 12.1 Å². The summed E-state index contributed by atoms with van der Waals surface area (Å²) in [5, 5.41) is 10.4. The van der Waals surface area contributed by atoms with Crippen LogP contribution >= 0.6 is 11.3 Å². The van der Waals surface area contributed by atoms with Gasteiger partial charge in [-0.1, -0.05) is 0 Å². The normalized spacial score (nSPS) is 11.2. The van der Waals surface area contributed by atoms with Crippen LogP contribution in [0.25, 0.3) is 0 Å². The number of aromatic nitrogens is 1. The number of rotatable bonds is 4. The molecule has 0 unspecified atom stereocenters. The summed E-state index contributed by atoms with van der Waals surface area (Å²) in [5.74, 6) is -2.12. The Morgan fingerprint density at radius 2 is 2.12 bits per heavy atom. The van der Waals surface area contributed by atoms with Gasteiger partial charge in [0.15, 0.2) is 5.69 Å². The lowest BCUT2D eigenvalue weighted by Gasteiger charge is -2.06. The van der Waals surface area contributed by atoms with E-state index in [2.05, 4.69) is 10.3 Å². The van der Waals surface area contributed by atoms with E-state index in [4.69, 9.17) is 5.11 Å². The Kier molecular flexibility index (Phi) is 4.05. The fraction of sp³-hybridized carbons (Fsp3) is 0.375. The second-order valence-corrected chi connectivity index (χ2v) is 3.78. The first-order valence-corrected chi connectivity index (χ1v) is 5.21. The third kappa shape index (κ3) is 3.70. The number of hydrogen-bond donors (Lipinski definition) is 2. The van der Waals surface area contributed by atoms with Crippen LogP contribution in [0.1, 0.15) is 21.8 Å². The highest BCUT2D eigenvalue weighted by atomic mass is 32.1. The van der Waals surface area contributed by atoms with Crippen molar-refractivity contribution in [2.24, 2.45) is 0 Å². The molecule has 2 N–H and O–H groups in total. The van der Waals surface area contributed by atoms with E-state index >= 15 is 0 Å². The molecule has 0 saturated heterocycles. The van der Waals surface area contributed by atoms with E-state index in [9.17, 15) is 22.8 Å². The van der Waals surface area contributed by atoms with E-state index in [1.807, 2.05) is 0 Å². The summed E-state index contributed by atoms with van der Waals surface area (Å²) in [7, 11) is 0. The molecule has 9 heteroatoms. The first-order valence-electron chi connectivity index (χ1n) is 4.33. The van der Waals surface area contributed by atoms with Gasteiger partial charge in [0, 0.05) is 6.54 Å². The van der Waals surface area contributed by atoms with Crippen LogP contribution in [-0.4, -0.2) is 28.5 Å². The maximum Gasteiger partial charge on any atom is 0.434 e. The van der Waals surface area contributed by atoms with Crippen molar-refractivity contribution in [2.45, 2.75) is 12.6 Å². The molecule has 94 valence electrons. The lowest BCUT2D eigenvalue weighted by atomic mass is 10.3. The lowest BCUT2D eigenvalue weighted by molar-refractivity contribution is -0.141. The van der Waals surface area contributed by atoms with Crippen molar-refractivity contribution in [3.05, 3.63) is 16.1 Å². The summed E-state index contributed by atoms with van der Waals surface area (Å²) in [5.41, 5.74) is -0.343. The van der Waals surface area contributed by atoms with E-state index < -0.39 is 28.6 Å². The minimum absolute atomic E-state index is 0.233. The molecule has 1 rings (SSSR count). The molecular formula is C8H7F3N2O3S. The van der Waals surface area contributed by atoms with E-state index in [1.165, 1.54) is 0 Å². The molecule has 0 atom stereocenters. The number of thiazole rings is 1. The zero-order valence-corrected chi connectivity index (χ0v) is 9.06. The lowest BCUT2D eigenvalue weighted by Crippen LogP contribution is -2.27. The maximum absolute atomic E-state index is 12.4. The predicted molar refractivity (Wildman–Crippen MR) is 51.7 cm³/mol. The molecule has 1 aromatic rings. The Morgan fingerprint density at radius 1 is 1.47 bits per heavy atom. The fourth-order valence-electron chi connectivity index (χ4n) is 0.972. The quantitative estimate of drug-likeness (QED) is 0.864. The number of carbonyl (C=O) groups excluding carboxylic acids is 1. The second-order valence-electron chi connectivity index (χ2n) is 2.93. The molecule has 0 fully saturated rings. The molecule has 0 spiro atoms. The Labute approximate surface area is 97.3 Å². The second kappa shape index (κ2) is 5.13. The highest BCUT2D eigenvalue weighted by Gasteiger charge is 2.38. The molecule has 0 bridgehead atoms. The highest BCUT2D eigenvalue weighted by Crippen LogP contribution is 2.32. The number of aliphatic carboxylic acids is 1. The summed E-state index contributed by atoms with van der Waals surface area (Å²) in [6.07, 6.45) is -5.05. The largest absolute Gasteiger partial charge is 0.481 e. The predicted octanol–water partition coefficient (Wildman–Crippen LogP) is 1.37. The van der Waals surface area contributed by atoms with Gasteiger partial charge in [-0.25, -0.2) is 4.98 Å². The number of hydrogen-bond acceptors (Lipinski definition) is 4. The van der Waals surface area contributed by atoms with Gasteiger partial charge in [-0.05, 0) is 0 Å². The van der Waals surface area contributed by atoms with Gasteiger partial charge in [0.25, 0.3) is 5.91 Å². The number of halogens is 3. The van der Waals surface area contributed by atoms with Gasteiger partial charge in [0.05, 0.1) is 11.9 Å². The molecule has 5 nitrogen and oxygen atoms in total. The molecule has 0 saturated carbocycles. The fourth-order valence-corrected chi connectivity index (χ4v) is 1.70. The van der Waals surface area contributed by atoms with Gasteiger partial charge in [-0.2, -0.15) is 13.2 Å². The molecule has 17 heavy (non-hydrogen) atoms. The molecular weight excluding hydrogens is 261 g/mol. The van der Waals surface area contributed by atoms with Gasteiger partial charge in [0.2, 0.25) is 0 Å². The van der Waals surface area contributed by atoms with Crippen LogP contribution in [0, 0.1) is 0 Å². The van der Waals surface area contributed by atoms with Gasteiger partial charge < -0.3 is 10.4 Å². The summed E-state index contributed by atoms with van der Waals surface area (Å²) in [6.45, 7) is -0.233. The van der Waals surface area contributed by atoms with E-state index in [-0.39, 0.29) is 13.0 Å². The van der Waals surface area contributed by atoms with Crippen molar-refractivity contribution in [3.8, 4) is 0 Å². The van der Waals surface area contributed by atoms with Crippen molar-refractivity contribution in [2.75, 3.05) is 6.54 Å². The zero-order valence-electron chi connectivity index (χ0n) is 8.24. The average molecular weight is 268 g/mol. The van der Waals surface area contributed by atoms with Gasteiger partial charge in [-0.3, -0.25) is 9.59 Å². The summed E-state index contributed by atoms with van der Waals surface area (Å²) in [4.78, 5) is 24.0. The maximum atomic E-state index is 12.4. The van der Waals surface area contributed by atoms with Gasteiger partial charge in [-0.15, -0.1) is 11.3 Å². The Balaban J connectivity index is 2.70. The van der Waals surface area contributed by atoms with Crippen molar-refractivity contribution in [1.82, 2.24) is 10.3 Å². The van der Waals surface area contributed by atoms with Crippen LogP contribution in [0.15, 0.2) is 5.51 Å². The van der Waals surface area contributed by atoms with Crippen molar-refractivity contribution < 1.29 is 27.9 Å². The average Bonchev–Trinajstić information content (AvgIpc) is 2.64. The Morgan fingerprint density at radius 3 is 2.65 bits per heavy atom. The number of alkyl halides is 3. The standard InChI is InChI=1S/C8H7F3N2O3S/c9-8(10,11)6-5(17-3-13-6)7(16)12-2-1-4(14)15/h3H,1-2H2,(H,12,16)(H,14,15). The monoisotopic (exact) mass is 268 g/mol. The SMILES string of the molecule is O=C(O)CCNC(=O)c1scnc1C(F)(F)F. The third-order valence-electron chi connectivity index (χ3n) is 1.67. The van der Waals surface area contributed by atoms with Crippen molar-refractivity contribution in [1.29, 1.82) is 0 Å². The molecule has 0 aliphatic carbocycles. The molecule has 0 aliphatic rings. The van der Waals surface area contributed by atoms with Gasteiger partial charge in [0.1, 0.15) is 4.88 Å². The molecule has 1 aromatic heterocycles. The summed E-state index contributed by atoms with van der Waals surface area (Å²) < 4.78 is 37.1. The zero-order chi connectivity index (χ0) is 13.1. The molecule has 0 aromatic carbocycles. The van der Waals surface area contributed by atoms with Crippen LogP contribution in [0.2, 0.25) is 0 Å². The number of carboxylic acid groups (broad SMARTS) is 1. The molecule has 0 radical (unpaired) electrons. The minimum atomic E-state index is -4.69. The Hall–Kier alpha value is -1.64. The number of amides is 1. The van der Waals surface area contributed by atoms with E-state index in [1.54, 1.807) is 0 Å². The van der Waals surface area contributed by atoms with Crippen LogP contribution in [-0.2, 0) is 11.0 Å². The molecule has 1 heterocycles. The highest BCUT2D eigenvalue weighted by molar-refractivity contribution is 7.11. The summed E-state index contributed by atoms with van der Waals surface area (Å²) >= 11 is 0.553. The number of nitrogens with one attached hydrogen (secondary N) is 1. The first-order chi connectivity index (χ1) is 7.82. The van der Waals surface area contributed by atoms with Crippen molar-refractivity contribution >= 4 is 23.2 Å². The number of carbonyl (C=O) groups is 2. The van der Waals surface area contributed by atoms with Crippen LogP contribution in [0.4, 0.5) is 13.2 Å². The third-order valence-corrected chi connectivity index (χ3v) is 2.49. The smallest absolute Gasteiger partial charge is 0.434 e. The molecule has 0 aliphatic heterocycles. The van der Waals surface area contributed by atoms with Crippen molar-refractivity contribution in [3.63, 3.8) is 0 Å².